The predicted molar refractivity (Wildman–Crippen MR) is 119 cm³/mol. The number of benzene rings is 3. The lowest BCUT2D eigenvalue weighted by Gasteiger charge is -2.15. The van der Waals surface area contributed by atoms with Crippen molar-refractivity contribution in [3.63, 3.8) is 0 Å². The summed E-state index contributed by atoms with van der Waals surface area (Å²) in [6, 6.07) is 14.9. The van der Waals surface area contributed by atoms with E-state index < -0.39 is 4.92 Å². The van der Waals surface area contributed by atoms with Gasteiger partial charge >= 0.3 is 0 Å². The quantitative estimate of drug-likeness (QED) is 0.293. The van der Waals surface area contributed by atoms with Crippen LogP contribution in [0.1, 0.15) is 11.1 Å². The van der Waals surface area contributed by atoms with Gasteiger partial charge in [0.25, 0.3) is 5.69 Å². The standard InChI is InChI=1S/C21H17Cl3N2O4/c1-29-20-9-13(11-25-16-4-6-17(7-5-16)26(27)28)8-19(24)21(20)30-12-14-2-3-15(22)10-18(14)23/h2-10,25H,11-12H2,1H3. The Morgan fingerprint density at radius 3 is 2.37 bits per heavy atom. The molecule has 0 spiro atoms. The lowest BCUT2D eigenvalue weighted by Crippen LogP contribution is -2.03. The molecule has 30 heavy (non-hydrogen) atoms. The van der Waals surface area contributed by atoms with Gasteiger partial charge in [-0.3, -0.25) is 10.1 Å². The van der Waals surface area contributed by atoms with Gasteiger partial charge in [0.2, 0.25) is 0 Å². The number of nitrogens with one attached hydrogen (secondary N) is 1. The van der Waals surface area contributed by atoms with Crippen molar-refractivity contribution in [3.05, 3.63) is 90.9 Å². The van der Waals surface area contributed by atoms with Crippen LogP contribution in [-0.4, -0.2) is 12.0 Å². The summed E-state index contributed by atoms with van der Waals surface area (Å²) in [6.45, 7) is 0.643. The van der Waals surface area contributed by atoms with Crippen LogP contribution in [0.2, 0.25) is 15.1 Å². The van der Waals surface area contributed by atoms with E-state index in [-0.39, 0.29) is 12.3 Å². The van der Waals surface area contributed by atoms with E-state index in [1.54, 1.807) is 36.4 Å². The van der Waals surface area contributed by atoms with E-state index in [4.69, 9.17) is 44.3 Å². The largest absolute Gasteiger partial charge is 0.493 e. The highest BCUT2D eigenvalue weighted by Crippen LogP contribution is 2.37. The highest BCUT2D eigenvalue weighted by Gasteiger charge is 2.14. The molecule has 0 saturated heterocycles. The molecule has 6 nitrogen and oxygen atoms in total. The van der Waals surface area contributed by atoms with Gasteiger partial charge < -0.3 is 14.8 Å². The van der Waals surface area contributed by atoms with Gasteiger partial charge in [0.15, 0.2) is 11.5 Å². The Morgan fingerprint density at radius 2 is 1.73 bits per heavy atom. The van der Waals surface area contributed by atoms with Crippen LogP contribution in [0.4, 0.5) is 11.4 Å². The fourth-order valence-electron chi connectivity index (χ4n) is 2.71. The second-order valence-electron chi connectivity index (χ2n) is 6.29. The maximum Gasteiger partial charge on any atom is 0.269 e. The van der Waals surface area contributed by atoms with E-state index >= 15 is 0 Å². The molecule has 3 rings (SSSR count). The molecule has 0 aliphatic carbocycles. The summed E-state index contributed by atoms with van der Waals surface area (Å²) in [5.74, 6) is 0.886. The van der Waals surface area contributed by atoms with Gasteiger partial charge in [0.05, 0.1) is 17.1 Å². The lowest BCUT2D eigenvalue weighted by atomic mass is 10.2. The third-order valence-electron chi connectivity index (χ3n) is 4.25. The van der Waals surface area contributed by atoms with Gasteiger partial charge in [-0.15, -0.1) is 0 Å². The molecule has 0 unspecified atom stereocenters. The molecule has 0 atom stereocenters. The van der Waals surface area contributed by atoms with E-state index in [9.17, 15) is 10.1 Å². The minimum atomic E-state index is -0.440. The molecule has 9 heteroatoms. The molecule has 0 aliphatic rings. The smallest absolute Gasteiger partial charge is 0.269 e. The second-order valence-corrected chi connectivity index (χ2v) is 7.54. The van der Waals surface area contributed by atoms with Gasteiger partial charge in [-0.1, -0.05) is 40.9 Å². The number of nitro benzene ring substituents is 1. The highest BCUT2D eigenvalue weighted by atomic mass is 35.5. The summed E-state index contributed by atoms with van der Waals surface area (Å²) in [6.07, 6.45) is 0. The lowest BCUT2D eigenvalue weighted by molar-refractivity contribution is -0.384. The van der Waals surface area contributed by atoms with Crippen LogP contribution in [0.3, 0.4) is 0 Å². The minimum Gasteiger partial charge on any atom is -0.493 e. The molecule has 1 N–H and O–H groups in total. The summed E-state index contributed by atoms with van der Waals surface area (Å²) in [5, 5.41) is 15.4. The zero-order valence-electron chi connectivity index (χ0n) is 15.8. The zero-order chi connectivity index (χ0) is 21.7. The number of nitro groups is 1. The van der Waals surface area contributed by atoms with Crippen molar-refractivity contribution in [2.45, 2.75) is 13.2 Å². The molecule has 0 amide bonds. The van der Waals surface area contributed by atoms with Crippen molar-refractivity contribution >= 4 is 46.2 Å². The molecule has 0 radical (unpaired) electrons. The number of non-ortho nitro benzene ring substituents is 1. The Balaban J connectivity index is 1.70. The third-order valence-corrected chi connectivity index (χ3v) is 5.12. The highest BCUT2D eigenvalue weighted by molar-refractivity contribution is 6.35. The first-order valence-electron chi connectivity index (χ1n) is 8.79. The topological polar surface area (TPSA) is 73.6 Å². The van der Waals surface area contributed by atoms with E-state index in [0.29, 0.717) is 33.1 Å². The molecule has 0 fully saturated rings. The Bertz CT molecular complexity index is 1060. The van der Waals surface area contributed by atoms with Gasteiger partial charge in [0.1, 0.15) is 6.61 Å². The molecule has 156 valence electrons. The van der Waals surface area contributed by atoms with Crippen LogP contribution in [0, 0.1) is 10.1 Å². The molecule has 3 aromatic carbocycles. The fourth-order valence-corrected chi connectivity index (χ4v) is 3.46. The van der Waals surface area contributed by atoms with Crippen molar-refractivity contribution in [1.29, 1.82) is 0 Å². The SMILES string of the molecule is COc1cc(CNc2ccc([N+](=O)[O-])cc2)cc(Cl)c1OCc1ccc(Cl)cc1Cl. The Labute approximate surface area is 188 Å². The van der Waals surface area contributed by atoms with Crippen LogP contribution >= 0.6 is 34.8 Å². The molecule has 3 aromatic rings. The molecule has 0 heterocycles. The fraction of sp³-hybridized carbons (Fsp3) is 0.143. The number of halogens is 3. The molecule has 0 bridgehead atoms. The normalized spacial score (nSPS) is 10.5. The third kappa shape index (κ3) is 5.48. The van der Waals surface area contributed by atoms with Gasteiger partial charge in [-0.2, -0.15) is 0 Å². The number of hydrogen-bond acceptors (Lipinski definition) is 5. The molecular weight excluding hydrogens is 451 g/mol. The Kier molecular flexibility index (Phi) is 7.26. The van der Waals surface area contributed by atoms with E-state index in [1.807, 2.05) is 6.07 Å². The maximum absolute atomic E-state index is 10.7. The first-order chi connectivity index (χ1) is 14.4. The van der Waals surface area contributed by atoms with Crippen molar-refractivity contribution in [2.75, 3.05) is 12.4 Å². The van der Waals surface area contributed by atoms with Crippen molar-refractivity contribution in [1.82, 2.24) is 0 Å². The van der Waals surface area contributed by atoms with E-state index in [0.717, 1.165) is 16.8 Å². The first kappa shape index (κ1) is 22.0. The zero-order valence-corrected chi connectivity index (χ0v) is 18.1. The molecule has 0 aromatic heterocycles. The number of nitrogens with zero attached hydrogens (tertiary/aromatic N) is 1. The van der Waals surface area contributed by atoms with Crippen molar-refractivity contribution < 1.29 is 14.4 Å². The van der Waals surface area contributed by atoms with Gasteiger partial charge in [-0.25, -0.2) is 0 Å². The van der Waals surface area contributed by atoms with Crippen LogP contribution in [0.15, 0.2) is 54.6 Å². The summed E-state index contributed by atoms with van der Waals surface area (Å²) < 4.78 is 11.3. The van der Waals surface area contributed by atoms with Crippen molar-refractivity contribution in [2.24, 2.45) is 0 Å². The molecule has 0 saturated carbocycles. The average molecular weight is 468 g/mol. The summed E-state index contributed by atoms with van der Waals surface area (Å²) in [7, 11) is 1.53. The first-order valence-corrected chi connectivity index (χ1v) is 9.92. The summed E-state index contributed by atoms with van der Waals surface area (Å²) >= 11 is 18.5. The second kappa shape index (κ2) is 9.89. The number of methoxy groups -OCH3 is 1. The molecule has 0 aliphatic heterocycles. The number of rotatable bonds is 8. The maximum atomic E-state index is 10.7. The van der Waals surface area contributed by atoms with Crippen LogP contribution in [0.5, 0.6) is 11.5 Å². The number of ether oxygens (including phenoxy) is 2. The van der Waals surface area contributed by atoms with Crippen LogP contribution in [0.25, 0.3) is 0 Å². The summed E-state index contributed by atoms with van der Waals surface area (Å²) in [5.41, 5.74) is 2.40. The average Bonchev–Trinajstić information content (AvgIpc) is 2.72. The molecular formula is C21H17Cl3N2O4. The Hall–Kier alpha value is -2.67. The number of hydrogen-bond donors (Lipinski definition) is 1. The number of anilines is 1. The van der Waals surface area contributed by atoms with Crippen LogP contribution in [-0.2, 0) is 13.2 Å². The summed E-state index contributed by atoms with van der Waals surface area (Å²) in [4.78, 5) is 10.3. The van der Waals surface area contributed by atoms with Crippen molar-refractivity contribution in [3.8, 4) is 11.5 Å². The van der Waals surface area contributed by atoms with Crippen LogP contribution < -0.4 is 14.8 Å². The predicted octanol–water partition coefficient (Wildman–Crippen LogP) is 6.75. The van der Waals surface area contributed by atoms with E-state index in [2.05, 4.69) is 5.32 Å². The van der Waals surface area contributed by atoms with E-state index in [1.165, 1.54) is 19.2 Å². The Morgan fingerprint density at radius 1 is 1.00 bits per heavy atom. The van der Waals surface area contributed by atoms with Gasteiger partial charge in [-0.05, 0) is 42.0 Å². The van der Waals surface area contributed by atoms with Gasteiger partial charge in [0, 0.05) is 40.0 Å². The minimum absolute atomic E-state index is 0.0348. The monoisotopic (exact) mass is 466 g/mol.